The van der Waals surface area contributed by atoms with Crippen LogP contribution in [-0.2, 0) is 4.74 Å². The average molecular weight is 253 g/mol. The van der Waals surface area contributed by atoms with E-state index in [1.54, 1.807) is 0 Å². The molecule has 1 aliphatic heterocycles. The Morgan fingerprint density at radius 3 is 2.50 bits per heavy atom. The normalized spacial score (nSPS) is 29.7. The molecule has 1 aliphatic carbocycles. The number of hydrogen-bond donors (Lipinski definition) is 1. The van der Waals surface area contributed by atoms with Gasteiger partial charge in [-0.05, 0) is 50.5 Å². The molecule has 106 valence electrons. The highest BCUT2D eigenvalue weighted by Gasteiger charge is 2.42. The van der Waals surface area contributed by atoms with E-state index in [9.17, 15) is 0 Å². The van der Waals surface area contributed by atoms with E-state index in [0.29, 0.717) is 11.5 Å². The number of rotatable bonds is 3. The van der Waals surface area contributed by atoms with Crippen molar-refractivity contribution in [3.05, 3.63) is 0 Å². The van der Waals surface area contributed by atoms with Crippen LogP contribution in [0.1, 0.15) is 65.7 Å². The second-order valence-corrected chi connectivity index (χ2v) is 7.65. The van der Waals surface area contributed by atoms with E-state index in [2.05, 4.69) is 33.1 Å². The molecule has 2 atom stereocenters. The highest BCUT2D eigenvalue weighted by molar-refractivity contribution is 4.94. The first-order valence-electron chi connectivity index (χ1n) is 7.75. The molecule has 0 radical (unpaired) electrons. The molecule has 1 saturated heterocycles. The highest BCUT2D eigenvalue weighted by atomic mass is 16.5. The van der Waals surface area contributed by atoms with E-state index in [1.807, 2.05) is 0 Å². The van der Waals surface area contributed by atoms with Crippen LogP contribution in [-0.4, -0.2) is 25.3 Å². The van der Waals surface area contributed by atoms with Crippen LogP contribution in [0.15, 0.2) is 0 Å². The van der Waals surface area contributed by atoms with Crippen molar-refractivity contribution in [1.82, 2.24) is 5.32 Å². The van der Waals surface area contributed by atoms with Crippen molar-refractivity contribution in [1.29, 1.82) is 0 Å². The Kier molecular flexibility index (Phi) is 4.38. The SMILES string of the molecule is CNC(CC(C)(C)C)C1CCOC2(CCCC2)C1. The summed E-state index contributed by atoms with van der Waals surface area (Å²) >= 11 is 0. The minimum atomic E-state index is 0.260. The predicted molar refractivity (Wildman–Crippen MR) is 76.8 cm³/mol. The monoisotopic (exact) mass is 253 g/mol. The van der Waals surface area contributed by atoms with Crippen LogP contribution in [0.5, 0.6) is 0 Å². The summed E-state index contributed by atoms with van der Waals surface area (Å²) in [5, 5.41) is 3.58. The zero-order chi connectivity index (χ0) is 13.2. The summed E-state index contributed by atoms with van der Waals surface area (Å²) in [4.78, 5) is 0. The van der Waals surface area contributed by atoms with Gasteiger partial charge in [-0.25, -0.2) is 0 Å². The van der Waals surface area contributed by atoms with Gasteiger partial charge in [0.15, 0.2) is 0 Å². The van der Waals surface area contributed by atoms with Crippen molar-refractivity contribution in [2.75, 3.05) is 13.7 Å². The molecule has 2 nitrogen and oxygen atoms in total. The topological polar surface area (TPSA) is 21.3 Å². The molecule has 2 rings (SSSR count). The third-order valence-corrected chi connectivity index (χ3v) is 4.82. The van der Waals surface area contributed by atoms with Crippen LogP contribution in [0, 0.1) is 11.3 Å². The van der Waals surface area contributed by atoms with E-state index in [-0.39, 0.29) is 5.60 Å². The number of nitrogens with one attached hydrogen (secondary N) is 1. The molecule has 1 N–H and O–H groups in total. The van der Waals surface area contributed by atoms with Gasteiger partial charge < -0.3 is 10.1 Å². The van der Waals surface area contributed by atoms with Crippen LogP contribution in [0.3, 0.4) is 0 Å². The van der Waals surface area contributed by atoms with Crippen LogP contribution in [0.25, 0.3) is 0 Å². The number of ether oxygens (including phenoxy) is 1. The van der Waals surface area contributed by atoms with Gasteiger partial charge in [0.1, 0.15) is 0 Å². The van der Waals surface area contributed by atoms with E-state index in [1.165, 1.54) is 44.9 Å². The second-order valence-electron chi connectivity index (χ2n) is 7.65. The lowest BCUT2D eigenvalue weighted by Crippen LogP contribution is -2.46. The Morgan fingerprint density at radius 1 is 1.28 bits per heavy atom. The smallest absolute Gasteiger partial charge is 0.0685 e. The van der Waals surface area contributed by atoms with Gasteiger partial charge >= 0.3 is 0 Å². The molecule has 2 aliphatic rings. The summed E-state index contributed by atoms with van der Waals surface area (Å²) in [6.45, 7) is 8.03. The van der Waals surface area contributed by atoms with Crippen molar-refractivity contribution in [2.45, 2.75) is 77.4 Å². The molecule has 0 aromatic rings. The summed E-state index contributed by atoms with van der Waals surface area (Å²) in [6, 6.07) is 0.659. The first kappa shape index (κ1) is 14.3. The summed E-state index contributed by atoms with van der Waals surface area (Å²) in [6.07, 6.45) is 9.14. The maximum absolute atomic E-state index is 6.15. The molecule has 0 bridgehead atoms. The van der Waals surface area contributed by atoms with Gasteiger partial charge in [-0.2, -0.15) is 0 Å². The Balaban J connectivity index is 1.98. The van der Waals surface area contributed by atoms with Crippen molar-refractivity contribution in [3.8, 4) is 0 Å². The first-order valence-corrected chi connectivity index (χ1v) is 7.75. The molecule has 1 saturated carbocycles. The van der Waals surface area contributed by atoms with Crippen LogP contribution < -0.4 is 5.32 Å². The fraction of sp³-hybridized carbons (Fsp3) is 1.00. The van der Waals surface area contributed by atoms with E-state index < -0.39 is 0 Å². The minimum Gasteiger partial charge on any atom is -0.375 e. The Labute approximate surface area is 113 Å². The summed E-state index contributed by atoms with van der Waals surface area (Å²) in [5.41, 5.74) is 0.671. The van der Waals surface area contributed by atoms with Gasteiger partial charge in [0.25, 0.3) is 0 Å². The Hall–Kier alpha value is -0.0800. The first-order chi connectivity index (χ1) is 8.44. The van der Waals surface area contributed by atoms with Crippen molar-refractivity contribution in [2.24, 2.45) is 11.3 Å². The third kappa shape index (κ3) is 3.48. The van der Waals surface area contributed by atoms with E-state index >= 15 is 0 Å². The molecule has 0 aromatic carbocycles. The lowest BCUT2D eigenvalue weighted by molar-refractivity contribution is -0.0991. The summed E-state index contributed by atoms with van der Waals surface area (Å²) in [5.74, 6) is 0.807. The second kappa shape index (κ2) is 5.50. The predicted octanol–water partition coefficient (Wildman–Crippen LogP) is 3.75. The van der Waals surface area contributed by atoms with Crippen LogP contribution in [0.4, 0.5) is 0 Å². The molecular weight excluding hydrogens is 222 g/mol. The maximum Gasteiger partial charge on any atom is 0.0685 e. The summed E-state index contributed by atoms with van der Waals surface area (Å²) < 4.78 is 6.15. The lowest BCUT2D eigenvalue weighted by Gasteiger charge is -2.42. The highest BCUT2D eigenvalue weighted by Crippen LogP contribution is 2.43. The third-order valence-electron chi connectivity index (χ3n) is 4.82. The van der Waals surface area contributed by atoms with Crippen LogP contribution >= 0.6 is 0 Å². The van der Waals surface area contributed by atoms with Crippen molar-refractivity contribution >= 4 is 0 Å². The molecule has 1 spiro atoms. The Morgan fingerprint density at radius 2 is 1.94 bits per heavy atom. The van der Waals surface area contributed by atoms with Gasteiger partial charge in [0, 0.05) is 12.6 Å². The van der Waals surface area contributed by atoms with Gasteiger partial charge in [-0.3, -0.25) is 0 Å². The molecule has 18 heavy (non-hydrogen) atoms. The molecule has 2 heteroatoms. The van der Waals surface area contributed by atoms with Crippen molar-refractivity contribution < 1.29 is 4.74 Å². The van der Waals surface area contributed by atoms with Gasteiger partial charge in [-0.1, -0.05) is 33.6 Å². The summed E-state index contributed by atoms with van der Waals surface area (Å²) in [7, 11) is 2.13. The standard InChI is InChI=1S/C16H31NO/c1-15(2,3)12-14(17-4)13-7-10-18-16(11-13)8-5-6-9-16/h13-14,17H,5-12H2,1-4H3. The van der Waals surface area contributed by atoms with Gasteiger partial charge in [0.05, 0.1) is 5.60 Å². The maximum atomic E-state index is 6.15. The fourth-order valence-corrected chi connectivity index (χ4v) is 3.94. The fourth-order valence-electron chi connectivity index (χ4n) is 3.94. The van der Waals surface area contributed by atoms with E-state index in [4.69, 9.17) is 4.74 Å². The zero-order valence-corrected chi connectivity index (χ0v) is 12.7. The Bertz CT molecular complexity index is 263. The molecule has 0 amide bonds. The molecule has 1 heterocycles. The largest absolute Gasteiger partial charge is 0.375 e. The molecule has 2 fully saturated rings. The average Bonchev–Trinajstić information content (AvgIpc) is 2.73. The minimum absolute atomic E-state index is 0.260. The molecule has 2 unspecified atom stereocenters. The van der Waals surface area contributed by atoms with Crippen molar-refractivity contribution in [3.63, 3.8) is 0 Å². The van der Waals surface area contributed by atoms with Gasteiger partial charge in [0.2, 0.25) is 0 Å². The zero-order valence-electron chi connectivity index (χ0n) is 12.7. The molecular formula is C16H31NO. The molecule has 0 aromatic heterocycles. The number of hydrogen-bond acceptors (Lipinski definition) is 2. The van der Waals surface area contributed by atoms with Gasteiger partial charge in [-0.15, -0.1) is 0 Å². The lowest BCUT2D eigenvalue weighted by atomic mass is 9.75. The quantitative estimate of drug-likeness (QED) is 0.827. The van der Waals surface area contributed by atoms with E-state index in [0.717, 1.165) is 12.5 Å². The van der Waals surface area contributed by atoms with Crippen LogP contribution in [0.2, 0.25) is 0 Å².